The molecule has 0 heterocycles. The topological polar surface area (TPSA) is 26.0 Å². The molecule has 23 heavy (non-hydrogen) atoms. The van der Waals surface area contributed by atoms with Gasteiger partial charge < -0.3 is 5.73 Å². The molecule has 1 nitrogen and oxygen atoms in total. The zero-order chi connectivity index (χ0) is 18.4. The van der Waals surface area contributed by atoms with Crippen LogP contribution in [-0.2, 0) is 18.5 Å². The summed E-state index contributed by atoms with van der Waals surface area (Å²) < 4.78 is 116. The molecule has 0 saturated carbocycles. The van der Waals surface area contributed by atoms with E-state index in [4.69, 9.17) is 5.73 Å². The highest BCUT2D eigenvalue weighted by atomic mass is 19.4. The lowest BCUT2D eigenvalue weighted by atomic mass is 9.87. The highest BCUT2D eigenvalue weighted by molar-refractivity contribution is 5.45. The van der Waals surface area contributed by atoms with Crippen molar-refractivity contribution in [1.82, 2.24) is 0 Å². The van der Waals surface area contributed by atoms with Gasteiger partial charge in [0, 0.05) is 6.04 Å². The van der Waals surface area contributed by atoms with E-state index in [0.29, 0.717) is 0 Å². The molecule has 0 amide bonds. The first kappa shape index (κ1) is 19.6. The monoisotopic (exact) mass is 353 g/mol. The molecule has 0 aliphatic heterocycles. The zero-order valence-corrected chi connectivity index (χ0v) is 11.8. The molecule has 1 atom stereocenters. The first-order valence-corrected chi connectivity index (χ1v) is 6.22. The van der Waals surface area contributed by atoms with Gasteiger partial charge in [0.05, 0.1) is 16.7 Å². The molecule has 0 spiro atoms. The van der Waals surface area contributed by atoms with Crippen LogP contribution in [0.4, 0.5) is 39.5 Å². The molecule has 0 aliphatic rings. The molecule has 10 heteroatoms. The Balaban J connectivity index is 3.90. The van der Waals surface area contributed by atoms with Gasteiger partial charge in [0.2, 0.25) is 0 Å². The smallest absolute Gasteiger partial charge is 0.324 e. The van der Waals surface area contributed by atoms with E-state index in [0.717, 1.165) is 0 Å². The highest BCUT2D eigenvalue weighted by Crippen LogP contribution is 2.46. The molecule has 0 aromatic heterocycles. The second-order valence-electron chi connectivity index (χ2n) is 5.25. The van der Waals surface area contributed by atoms with E-state index in [2.05, 4.69) is 0 Å². The molecule has 0 bridgehead atoms. The lowest BCUT2D eigenvalue weighted by molar-refractivity contribution is -0.149. The predicted octanol–water partition coefficient (Wildman–Crippen LogP) is 5.40. The summed E-state index contributed by atoms with van der Waals surface area (Å²) in [5.74, 6) is -0.853. The molecule has 132 valence electrons. The van der Waals surface area contributed by atoms with E-state index in [1.54, 1.807) is 0 Å². The van der Waals surface area contributed by atoms with Crippen LogP contribution in [0.3, 0.4) is 0 Å². The Hall–Kier alpha value is -1.45. The van der Waals surface area contributed by atoms with Gasteiger partial charge in [-0.15, -0.1) is 0 Å². The third-order valence-corrected chi connectivity index (χ3v) is 3.17. The van der Waals surface area contributed by atoms with Gasteiger partial charge in [0.25, 0.3) is 0 Å². The SMILES string of the molecule is CC(C)C(N)c1c(C(F)(F)F)cc(C(F)(F)F)cc1C(F)(F)F. The number of benzene rings is 1. The van der Waals surface area contributed by atoms with E-state index >= 15 is 0 Å². The van der Waals surface area contributed by atoms with Crippen molar-refractivity contribution in [2.45, 2.75) is 38.4 Å². The fourth-order valence-electron chi connectivity index (χ4n) is 1.98. The van der Waals surface area contributed by atoms with Gasteiger partial charge in [-0.2, -0.15) is 39.5 Å². The van der Waals surface area contributed by atoms with Crippen LogP contribution in [0.2, 0.25) is 0 Å². The van der Waals surface area contributed by atoms with Crippen LogP contribution in [0.15, 0.2) is 12.1 Å². The Kier molecular flexibility index (Phi) is 5.01. The van der Waals surface area contributed by atoms with Crippen molar-refractivity contribution in [3.63, 3.8) is 0 Å². The van der Waals surface area contributed by atoms with E-state index in [1.807, 2.05) is 0 Å². The lowest BCUT2D eigenvalue weighted by Crippen LogP contribution is -2.27. The summed E-state index contributed by atoms with van der Waals surface area (Å²) in [6.45, 7) is 2.53. The van der Waals surface area contributed by atoms with Crippen molar-refractivity contribution in [2.24, 2.45) is 11.7 Å². The van der Waals surface area contributed by atoms with E-state index < -0.39 is 52.7 Å². The summed E-state index contributed by atoms with van der Waals surface area (Å²) in [5, 5.41) is 0. The summed E-state index contributed by atoms with van der Waals surface area (Å²) in [6, 6.07) is -2.41. The molecular weight excluding hydrogens is 341 g/mol. The van der Waals surface area contributed by atoms with Crippen molar-refractivity contribution in [2.75, 3.05) is 0 Å². The van der Waals surface area contributed by atoms with Crippen LogP contribution in [0.1, 0.15) is 42.1 Å². The second kappa shape index (κ2) is 5.88. The predicted molar refractivity (Wildman–Crippen MR) is 63.2 cm³/mol. The summed E-state index contributed by atoms with van der Waals surface area (Å²) in [7, 11) is 0. The molecule has 0 aliphatic carbocycles. The number of alkyl halides is 9. The van der Waals surface area contributed by atoms with Crippen LogP contribution in [0, 0.1) is 5.92 Å². The lowest BCUT2D eigenvalue weighted by Gasteiger charge is -2.26. The third kappa shape index (κ3) is 4.30. The number of hydrogen-bond donors (Lipinski definition) is 1. The van der Waals surface area contributed by atoms with Gasteiger partial charge >= 0.3 is 18.5 Å². The van der Waals surface area contributed by atoms with Crippen molar-refractivity contribution >= 4 is 0 Å². The average Bonchev–Trinajstić information content (AvgIpc) is 2.32. The fraction of sp³-hybridized carbons (Fsp3) is 0.538. The van der Waals surface area contributed by atoms with E-state index in [1.165, 1.54) is 13.8 Å². The molecule has 1 aromatic carbocycles. The quantitative estimate of drug-likeness (QED) is 0.708. The van der Waals surface area contributed by atoms with Crippen molar-refractivity contribution in [3.8, 4) is 0 Å². The van der Waals surface area contributed by atoms with Crippen LogP contribution in [-0.4, -0.2) is 0 Å². The molecule has 1 unspecified atom stereocenters. The molecule has 2 N–H and O–H groups in total. The van der Waals surface area contributed by atoms with Gasteiger partial charge in [-0.1, -0.05) is 13.8 Å². The first-order chi connectivity index (χ1) is 10.1. The van der Waals surface area contributed by atoms with Crippen molar-refractivity contribution in [1.29, 1.82) is 0 Å². The van der Waals surface area contributed by atoms with Gasteiger partial charge in [-0.25, -0.2) is 0 Å². The van der Waals surface area contributed by atoms with Crippen LogP contribution >= 0.6 is 0 Å². The number of nitrogens with two attached hydrogens (primary N) is 1. The maximum absolute atomic E-state index is 13.0. The maximum atomic E-state index is 13.0. The molecule has 1 rings (SSSR count). The van der Waals surface area contributed by atoms with E-state index in [9.17, 15) is 39.5 Å². The van der Waals surface area contributed by atoms with Crippen molar-refractivity contribution < 1.29 is 39.5 Å². The standard InChI is InChI=1S/C13H12F9N/c1-5(2)10(23)9-7(12(17,18)19)3-6(11(14,15)16)4-8(9)13(20,21)22/h3-5,10H,23H2,1-2H3. The Morgan fingerprint density at radius 2 is 1.09 bits per heavy atom. The summed E-state index contributed by atoms with van der Waals surface area (Å²) in [5.41, 5.74) is -2.06. The van der Waals surface area contributed by atoms with Crippen LogP contribution in [0.25, 0.3) is 0 Å². The molecule has 0 saturated heterocycles. The van der Waals surface area contributed by atoms with Crippen LogP contribution in [0.5, 0.6) is 0 Å². The largest absolute Gasteiger partial charge is 0.416 e. The minimum absolute atomic E-state index is 0.340. The Bertz CT molecular complexity index is 531. The summed E-state index contributed by atoms with van der Waals surface area (Å²) in [4.78, 5) is 0. The zero-order valence-electron chi connectivity index (χ0n) is 11.8. The Labute approximate surface area is 125 Å². The third-order valence-electron chi connectivity index (χ3n) is 3.17. The second-order valence-corrected chi connectivity index (χ2v) is 5.25. The van der Waals surface area contributed by atoms with Gasteiger partial charge in [0.15, 0.2) is 0 Å². The first-order valence-electron chi connectivity index (χ1n) is 6.22. The van der Waals surface area contributed by atoms with E-state index in [-0.39, 0.29) is 12.1 Å². The molecule has 1 aromatic rings. The summed E-state index contributed by atoms with van der Waals surface area (Å²) in [6.07, 6.45) is -16.2. The minimum Gasteiger partial charge on any atom is -0.324 e. The Morgan fingerprint density at radius 3 is 1.30 bits per heavy atom. The number of rotatable bonds is 2. The Morgan fingerprint density at radius 1 is 0.739 bits per heavy atom. The normalized spacial score (nSPS) is 15.2. The van der Waals surface area contributed by atoms with Gasteiger partial charge in [-0.05, 0) is 23.6 Å². The highest BCUT2D eigenvalue weighted by Gasteiger charge is 2.46. The van der Waals surface area contributed by atoms with Crippen LogP contribution < -0.4 is 5.73 Å². The van der Waals surface area contributed by atoms with Crippen molar-refractivity contribution in [3.05, 3.63) is 34.4 Å². The molecule has 0 fully saturated rings. The van der Waals surface area contributed by atoms with Gasteiger partial charge in [-0.3, -0.25) is 0 Å². The molecule has 0 radical (unpaired) electrons. The number of hydrogen-bond acceptors (Lipinski definition) is 1. The minimum atomic E-state index is -5.41. The number of halogens is 9. The molecular formula is C13H12F9N. The summed E-state index contributed by atoms with van der Waals surface area (Å²) >= 11 is 0. The average molecular weight is 353 g/mol. The van der Waals surface area contributed by atoms with Gasteiger partial charge in [0.1, 0.15) is 0 Å². The fourth-order valence-corrected chi connectivity index (χ4v) is 1.98. The maximum Gasteiger partial charge on any atom is 0.416 e.